The van der Waals surface area contributed by atoms with Gasteiger partial charge in [0.05, 0.1) is 0 Å². The van der Waals surface area contributed by atoms with E-state index in [1.165, 1.54) is 6.42 Å². The molecular weight excluding hydrogens is 200 g/mol. The van der Waals surface area contributed by atoms with Gasteiger partial charge < -0.3 is 10.2 Å². The van der Waals surface area contributed by atoms with Crippen molar-refractivity contribution in [3.8, 4) is 0 Å². The first-order valence-corrected chi connectivity index (χ1v) is 5.73. The molecule has 0 aliphatic carbocycles. The van der Waals surface area contributed by atoms with Crippen LogP contribution >= 0.6 is 0 Å². The van der Waals surface area contributed by atoms with E-state index >= 15 is 0 Å². The first-order valence-electron chi connectivity index (χ1n) is 5.73. The number of nitrogens with zero attached hydrogens (tertiary/aromatic N) is 1. The minimum absolute atomic E-state index is 0.0174. The van der Waals surface area contributed by atoms with E-state index in [1.807, 2.05) is 30.3 Å². The van der Waals surface area contributed by atoms with Crippen LogP contribution in [-0.4, -0.2) is 37.0 Å². The number of carbonyl (C=O) groups is 1. The molecule has 1 amide bonds. The Labute approximate surface area is 96.5 Å². The van der Waals surface area contributed by atoms with Crippen LogP contribution in [0.1, 0.15) is 16.8 Å². The monoisotopic (exact) mass is 217 g/mol. The average molecular weight is 217 g/mol. The number of carbonyl (C=O) groups excluding carboxylic acids is 1. The molecule has 1 aromatic rings. The molecule has 1 N–H and O–H groups in total. The Morgan fingerprint density at radius 2 is 2.12 bits per heavy atom. The summed E-state index contributed by atoms with van der Waals surface area (Å²) in [4.78, 5) is 14.0. The Balaban J connectivity index is 1.71. The van der Waals surface area contributed by atoms with E-state index in [-0.39, 0.29) is 5.91 Å². The van der Waals surface area contributed by atoms with Crippen molar-refractivity contribution in [2.75, 3.05) is 26.2 Å². The Bertz CT molecular complexity index is 331. The van der Waals surface area contributed by atoms with Gasteiger partial charge >= 0.3 is 0 Å². The normalized spacial score (nSPS) is 16.2. The van der Waals surface area contributed by atoms with Gasteiger partial charge in [-0.1, -0.05) is 18.2 Å². The van der Waals surface area contributed by atoms with Gasteiger partial charge in [0, 0.05) is 25.2 Å². The van der Waals surface area contributed by atoms with Crippen molar-refractivity contribution in [1.82, 2.24) is 10.2 Å². The zero-order chi connectivity index (χ0) is 11.2. The van der Waals surface area contributed by atoms with Crippen molar-refractivity contribution < 1.29 is 4.79 Å². The molecule has 0 saturated carbocycles. The molecule has 16 heavy (non-hydrogen) atoms. The Hall–Kier alpha value is -1.35. The molecular formula is C13H17N2O. The summed E-state index contributed by atoms with van der Waals surface area (Å²) in [5.74, 6) is 0.0174. The Morgan fingerprint density at radius 3 is 2.81 bits per heavy atom. The lowest BCUT2D eigenvalue weighted by molar-refractivity contribution is 0.0950. The lowest BCUT2D eigenvalue weighted by atomic mass is 10.2. The van der Waals surface area contributed by atoms with Crippen molar-refractivity contribution in [2.24, 2.45) is 0 Å². The number of hydrogen-bond donors (Lipinski definition) is 1. The highest BCUT2D eigenvalue weighted by atomic mass is 16.1. The predicted octanol–water partition coefficient (Wildman–Crippen LogP) is 1.33. The molecule has 0 spiro atoms. The first kappa shape index (κ1) is 11.1. The predicted molar refractivity (Wildman–Crippen MR) is 64.1 cm³/mol. The van der Waals surface area contributed by atoms with Crippen molar-refractivity contribution in [2.45, 2.75) is 6.42 Å². The van der Waals surface area contributed by atoms with E-state index in [0.29, 0.717) is 0 Å². The van der Waals surface area contributed by atoms with Gasteiger partial charge in [0.1, 0.15) is 0 Å². The molecule has 0 aromatic heterocycles. The van der Waals surface area contributed by atoms with Crippen LogP contribution in [0.5, 0.6) is 0 Å². The third-order valence-corrected chi connectivity index (χ3v) is 2.79. The van der Waals surface area contributed by atoms with E-state index in [9.17, 15) is 4.79 Å². The van der Waals surface area contributed by atoms with Gasteiger partial charge in [-0.2, -0.15) is 0 Å². The zero-order valence-corrected chi connectivity index (χ0v) is 9.36. The summed E-state index contributed by atoms with van der Waals surface area (Å²) < 4.78 is 0. The summed E-state index contributed by atoms with van der Waals surface area (Å²) in [6, 6.07) is 9.34. The average Bonchev–Trinajstić information content (AvgIpc) is 2.83. The molecule has 0 atom stereocenters. The summed E-state index contributed by atoms with van der Waals surface area (Å²) in [6.45, 7) is 3.85. The minimum atomic E-state index is 0.0174. The maximum absolute atomic E-state index is 11.7. The molecule has 3 heteroatoms. The van der Waals surface area contributed by atoms with Gasteiger partial charge in [-0.25, -0.2) is 0 Å². The number of hydrogen-bond acceptors (Lipinski definition) is 2. The fraction of sp³-hybridized carbons (Fsp3) is 0.385. The van der Waals surface area contributed by atoms with Gasteiger partial charge in [-0.15, -0.1) is 0 Å². The lowest BCUT2D eigenvalue weighted by Crippen LogP contribution is -2.33. The van der Waals surface area contributed by atoms with Gasteiger partial charge in [-0.3, -0.25) is 4.79 Å². The second-order valence-electron chi connectivity index (χ2n) is 4.00. The topological polar surface area (TPSA) is 32.3 Å². The van der Waals surface area contributed by atoms with Crippen molar-refractivity contribution in [3.63, 3.8) is 0 Å². The number of nitrogens with one attached hydrogen (secondary N) is 1. The van der Waals surface area contributed by atoms with Gasteiger partial charge in [0.25, 0.3) is 5.91 Å². The molecule has 1 fully saturated rings. The van der Waals surface area contributed by atoms with Crippen LogP contribution in [0.15, 0.2) is 30.3 Å². The quantitative estimate of drug-likeness (QED) is 0.825. The number of likely N-dealkylation sites (tertiary alicyclic amines) is 1. The highest BCUT2D eigenvalue weighted by Crippen LogP contribution is 2.04. The van der Waals surface area contributed by atoms with Crippen molar-refractivity contribution in [1.29, 1.82) is 0 Å². The second kappa shape index (κ2) is 5.66. The summed E-state index contributed by atoms with van der Waals surface area (Å²) in [5, 5.41) is 2.93. The van der Waals surface area contributed by atoms with Crippen LogP contribution < -0.4 is 5.32 Å². The molecule has 0 unspecified atom stereocenters. The second-order valence-corrected chi connectivity index (χ2v) is 4.00. The van der Waals surface area contributed by atoms with E-state index in [2.05, 4.69) is 16.6 Å². The Kier molecular flexibility index (Phi) is 3.94. The molecule has 1 aromatic carbocycles. The number of benzene rings is 1. The number of amides is 1. The standard InChI is InChI=1S/C13H17N2O/c16-13(12-6-2-1-3-7-12)14-8-11-15-9-4-5-10-15/h1-4,6-7H,5,8-11H2,(H,14,16). The number of rotatable bonds is 4. The van der Waals surface area contributed by atoms with Crippen LogP contribution in [0.25, 0.3) is 0 Å². The first-order chi connectivity index (χ1) is 7.86. The molecule has 3 nitrogen and oxygen atoms in total. The van der Waals surface area contributed by atoms with Crippen LogP contribution in [0, 0.1) is 6.42 Å². The summed E-state index contributed by atoms with van der Waals surface area (Å²) in [7, 11) is 0. The highest BCUT2D eigenvalue weighted by Gasteiger charge is 2.11. The van der Waals surface area contributed by atoms with Crippen molar-refractivity contribution >= 4 is 5.91 Å². The third-order valence-electron chi connectivity index (χ3n) is 2.79. The van der Waals surface area contributed by atoms with Crippen LogP contribution in [0.3, 0.4) is 0 Å². The molecule has 0 bridgehead atoms. The fourth-order valence-corrected chi connectivity index (χ4v) is 1.86. The van der Waals surface area contributed by atoms with Crippen LogP contribution in [0.2, 0.25) is 0 Å². The van der Waals surface area contributed by atoms with Gasteiger partial charge in [0.2, 0.25) is 0 Å². The van der Waals surface area contributed by atoms with E-state index in [1.54, 1.807) is 0 Å². The lowest BCUT2D eigenvalue weighted by Gasteiger charge is -2.14. The fourth-order valence-electron chi connectivity index (χ4n) is 1.86. The summed E-state index contributed by atoms with van der Waals surface area (Å²) >= 11 is 0. The summed E-state index contributed by atoms with van der Waals surface area (Å²) in [5.41, 5.74) is 0.732. The third kappa shape index (κ3) is 3.07. The molecule has 1 aliphatic heterocycles. The molecule has 2 rings (SSSR count). The molecule has 1 heterocycles. The van der Waals surface area contributed by atoms with Crippen molar-refractivity contribution in [3.05, 3.63) is 42.3 Å². The Morgan fingerprint density at radius 1 is 1.31 bits per heavy atom. The van der Waals surface area contributed by atoms with E-state index < -0.39 is 0 Å². The van der Waals surface area contributed by atoms with Crippen LogP contribution in [-0.2, 0) is 0 Å². The molecule has 1 aliphatic rings. The molecule has 1 saturated heterocycles. The molecule has 1 radical (unpaired) electrons. The maximum atomic E-state index is 11.7. The van der Waals surface area contributed by atoms with E-state index in [4.69, 9.17) is 0 Å². The van der Waals surface area contributed by atoms with Gasteiger partial charge in [-0.05, 0) is 31.5 Å². The maximum Gasteiger partial charge on any atom is 0.251 e. The van der Waals surface area contributed by atoms with E-state index in [0.717, 1.165) is 31.7 Å². The van der Waals surface area contributed by atoms with Gasteiger partial charge in [0.15, 0.2) is 0 Å². The minimum Gasteiger partial charge on any atom is -0.351 e. The largest absolute Gasteiger partial charge is 0.351 e. The molecule has 85 valence electrons. The highest BCUT2D eigenvalue weighted by molar-refractivity contribution is 5.94. The smallest absolute Gasteiger partial charge is 0.251 e. The zero-order valence-electron chi connectivity index (χ0n) is 9.36. The SMILES string of the molecule is O=C(NCCN1C[CH]CC1)c1ccccc1. The summed E-state index contributed by atoms with van der Waals surface area (Å²) in [6.07, 6.45) is 3.45. The van der Waals surface area contributed by atoms with Crippen LogP contribution in [0.4, 0.5) is 0 Å².